The van der Waals surface area contributed by atoms with Crippen LogP contribution in [-0.4, -0.2) is 29.3 Å². The van der Waals surface area contributed by atoms with Gasteiger partial charge in [-0.2, -0.15) is 0 Å². The largest absolute Gasteiger partial charge is 0.748 e. The minimum atomic E-state index is -4.30. The Bertz CT molecular complexity index is 451. The van der Waals surface area contributed by atoms with Crippen molar-refractivity contribution >= 4 is 31.8 Å². The Hall–Kier alpha value is 0.0200. The maximum absolute atomic E-state index is 12.0. The van der Waals surface area contributed by atoms with E-state index in [0.29, 0.717) is 6.42 Å². The molecule has 0 spiro atoms. The van der Waals surface area contributed by atoms with Crippen LogP contribution in [0.1, 0.15) is 26.7 Å². The summed E-state index contributed by atoms with van der Waals surface area (Å²) in [5.41, 5.74) is -1.37. The predicted molar refractivity (Wildman–Crippen MR) is 67.2 cm³/mol. The molecule has 0 heterocycles. The van der Waals surface area contributed by atoms with Crippen LogP contribution < -0.4 is 6.15 Å². The molecule has 7 heteroatoms. The zero-order chi connectivity index (χ0) is 12.4. The average molecular weight is 328 g/mol. The highest BCUT2D eigenvalue weighted by Gasteiger charge is 2.68. The molecule has 2 bridgehead atoms. The number of hydrogen-bond acceptors (Lipinski definition) is 4. The topological polar surface area (TPSA) is 111 Å². The molecule has 2 aliphatic carbocycles. The third-order valence-electron chi connectivity index (χ3n) is 4.66. The van der Waals surface area contributed by atoms with Gasteiger partial charge in [0, 0.05) is 11.2 Å². The fourth-order valence-electron chi connectivity index (χ4n) is 3.45. The van der Waals surface area contributed by atoms with Crippen LogP contribution in [0.25, 0.3) is 0 Å². The smallest absolute Gasteiger partial charge is 0.153 e. The molecule has 4 atom stereocenters. The lowest BCUT2D eigenvalue weighted by Gasteiger charge is -2.37. The van der Waals surface area contributed by atoms with E-state index in [2.05, 4.69) is 15.9 Å². The van der Waals surface area contributed by atoms with Crippen molar-refractivity contribution in [3.8, 4) is 0 Å². The summed E-state index contributed by atoms with van der Waals surface area (Å²) in [6, 6.07) is 0. The first-order chi connectivity index (χ1) is 7.12. The van der Waals surface area contributed by atoms with E-state index < -0.39 is 26.7 Å². The van der Waals surface area contributed by atoms with Crippen molar-refractivity contribution in [3.63, 3.8) is 0 Å². The molecule has 0 aliphatic heterocycles. The summed E-state index contributed by atoms with van der Waals surface area (Å²) in [6.07, 6.45) is 1.49. The number of quaternary nitrogens is 1. The van der Waals surface area contributed by atoms with Gasteiger partial charge < -0.3 is 10.7 Å². The Morgan fingerprint density at radius 3 is 2.35 bits per heavy atom. The van der Waals surface area contributed by atoms with E-state index in [9.17, 15) is 17.8 Å². The SMILES string of the molecule is C[C@]1(CS(=O)(=O)[O-])[C@@H]2CC[C@]1(C)C(=O)[C@@H]2Br.[NH4+]. The van der Waals surface area contributed by atoms with Gasteiger partial charge in [0.2, 0.25) is 0 Å². The number of halogens is 1. The number of hydrogen-bond donors (Lipinski definition) is 1. The maximum atomic E-state index is 12.0. The molecular formula is C10H18BrNO4S. The fourth-order valence-corrected chi connectivity index (χ4v) is 6.07. The van der Waals surface area contributed by atoms with Crippen molar-refractivity contribution < 1.29 is 17.8 Å². The maximum Gasteiger partial charge on any atom is 0.153 e. The van der Waals surface area contributed by atoms with Gasteiger partial charge >= 0.3 is 0 Å². The van der Waals surface area contributed by atoms with Crippen molar-refractivity contribution in [3.05, 3.63) is 0 Å². The second-order valence-electron chi connectivity index (χ2n) is 5.36. The molecule has 0 aromatic heterocycles. The summed E-state index contributed by atoms with van der Waals surface area (Å²) in [4.78, 5) is 11.8. The minimum absolute atomic E-state index is 0. The van der Waals surface area contributed by atoms with Crippen LogP contribution in [-0.2, 0) is 14.9 Å². The van der Waals surface area contributed by atoms with E-state index in [-0.39, 0.29) is 22.7 Å². The van der Waals surface area contributed by atoms with Crippen LogP contribution in [0, 0.1) is 16.7 Å². The van der Waals surface area contributed by atoms with Gasteiger partial charge in [-0.1, -0.05) is 29.8 Å². The lowest BCUT2D eigenvalue weighted by molar-refractivity contribution is -0.127. The standard InChI is InChI=1S/C10H15BrO4S.H3N/c1-9-4-3-6(7(11)8(9)12)10(9,2)5-16(13,14)15;/h6-7H,3-5H2,1-2H3,(H,13,14,15);1H3/t6-,7-,9-,10+;/m1./s1. The van der Waals surface area contributed by atoms with Gasteiger partial charge in [-0.15, -0.1) is 0 Å². The molecule has 100 valence electrons. The van der Waals surface area contributed by atoms with Crippen LogP contribution in [0.5, 0.6) is 0 Å². The average Bonchev–Trinajstić information content (AvgIpc) is 2.40. The lowest BCUT2D eigenvalue weighted by Crippen LogP contribution is -2.40. The molecule has 2 aliphatic rings. The number of alkyl halides is 1. The van der Waals surface area contributed by atoms with Gasteiger partial charge in [-0.3, -0.25) is 4.79 Å². The molecule has 0 aromatic carbocycles. The van der Waals surface area contributed by atoms with E-state index in [4.69, 9.17) is 0 Å². The highest BCUT2D eigenvalue weighted by atomic mass is 79.9. The monoisotopic (exact) mass is 327 g/mol. The number of carbonyl (C=O) groups excluding carboxylic acids is 1. The molecule has 0 radical (unpaired) electrons. The van der Waals surface area contributed by atoms with Crippen molar-refractivity contribution in [1.29, 1.82) is 0 Å². The second-order valence-corrected chi connectivity index (χ2v) is 7.75. The van der Waals surface area contributed by atoms with Crippen molar-refractivity contribution in [1.82, 2.24) is 6.15 Å². The predicted octanol–water partition coefficient (Wildman–Crippen LogP) is 1.68. The van der Waals surface area contributed by atoms with Crippen LogP contribution in [0.3, 0.4) is 0 Å². The number of ketones is 1. The lowest BCUT2D eigenvalue weighted by atomic mass is 9.70. The molecule has 4 N–H and O–H groups in total. The van der Waals surface area contributed by atoms with E-state index in [1.165, 1.54) is 0 Å². The van der Waals surface area contributed by atoms with Gasteiger partial charge in [-0.25, -0.2) is 8.42 Å². The quantitative estimate of drug-likeness (QED) is 0.614. The molecule has 5 nitrogen and oxygen atoms in total. The first-order valence-corrected chi connectivity index (χ1v) is 7.73. The Labute approximate surface area is 110 Å². The van der Waals surface area contributed by atoms with Crippen LogP contribution in [0.15, 0.2) is 0 Å². The number of rotatable bonds is 2. The molecule has 2 fully saturated rings. The highest BCUT2D eigenvalue weighted by molar-refractivity contribution is 9.10. The molecule has 2 rings (SSSR count). The van der Waals surface area contributed by atoms with E-state index >= 15 is 0 Å². The Morgan fingerprint density at radius 1 is 1.47 bits per heavy atom. The molecule has 0 saturated heterocycles. The van der Waals surface area contributed by atoms with Crippen molar-refractivity contribution in [2.75, 3.05) is 5.75 Å². The molecular weight excluding hydrogens is 310 g/mol. The van der Waals surface area contributed by atoms with Gasteiger partial charge in [-0.05, 0) is 24.2 Å². The first kappa shape index (κ1) is 15.1. The normalized spacial score (nSPS) is 44.8. The third kappa shape index (κ3) is 1.87. The van der Waals surface area contributed by atoms with Crippen LogP contribution in [0.4, 0.5) is 0 Å². The summed E-state index contributed by atoms with van der Waals surface area (Å²) in [6.45, 7) is 3.56. The molecule has 17 heavy (non-hydrogen) atoms. The van der Waals surface area contributed by atoms with E-state index in [0.717, 1.165) is 6.42 Å². The second kappa shape index (κ2) is 4.01. The van der Waals surface area contributed by atoms with Gasteiger partial charge in [0.25, 0.3) is 0 Å². The van der Waals surface area contributed by atoms with E-state index in [1.54, 1.807) is 13.8 Å². The summed E-state index contributed by atoms with van der Waals surface area (Å²) >= 11 is 3.33. The van der Waals surface area contributed by atoms with Gasteiger partial charge in [0.05, 0.1) is 14.9 Å². The summed E-state index contributed by atoms with van der Waals surface area (Å²) in [7, 11) is -4.30. The summed E-state index contributed by atoms with van der Waals surface area (Å²) < 4.78 is 33.0. The number of Topliss-reactive ketones (excluding diaryl/α,β-unsaturated/α-hetero) is 1. The van der Waals surface area contributed by atoms with Gasteiger partial charge in [0.1, 0.15) is 0 Å². The zero-order valence-corrected chi connectivity index (χ0v) is 12.6. The number of fused-ring (bicyclic) bond motifs is 2. The Kier molecular flexibility index (Phi) is 3.56. The van der Waals surface area contributed by atoms with E-state index in [1.807, 2.05) is 0 Å². The first-order valence-electron chi connectivity index (χ1n) is 5.24. The molecule has 0 aromatic rings. The Balaban J connectivity index is 0.00000144. The fraction of sp³-hybridized carbons (Fsp3) is 0.900. The third-order valence-corrected chi connectivity index (χ3v) is 6.67. The van der Waals surface area contributed by atoms with Crippen molar-refractivity contribution in [2.24, 2.45) is 16.7 Å². The van der Waals surface area contributed by atoms with Crippen molar-refractivity contribution in [2.45, 2.75) is 31.5 Å². The molecule has 0 unspecified atom stereocenters. The molecule has 0 amide bonds. The minimum Gasteiger partial charge on any atom is -0.748 e. The number of carbonyl (C=O) groups is 1. The summed E-state index contributed by atoms with van der Waals surface area (Å²) in [5.74, 6) is -0.418. The van der Waals surface area contributed by atoms with Crippen LogP contribution >= 0.6 is 15.9 Å². The molecule has 2 saturated carbocycles. The summed E-state index contributed by atoms with van der Waals surface area (Å²) in [5, 5.41) is 0. The Morgan fingerprint density at radius 2 is 2.00 bits per heavy atom. The highest BCUT2D eigenvalue weighted by Crippen LogP contribution is 2.65. The zero-order valence-electron chi connectivity index (χ0n) is 10.2. The van der Waals surface area contributed by atoms with Crippen LogP contribution in [0.2, 0.25) is 0 Å². The van der Waals surface area contributed by atoms with Gasteiger partial charge in [0.15, 0.2) is 5.78 Å².